The molecule has 1 amide bonds. The maximum atomic E-state index is 12.8. The van der Waals surface area contributed by atoms with Crippen molar-refractivity contribution in [2.24, 2.45) is 0 Å². The monoisotopic (exact) mass is 443 g/mol. The minimum absolute atomic E-state index is 0.0838. The Kier molecular flexibility index (Phi) is 7.76. The average molecular weight is 444 g/mol. The van der Waals surface area contributed by atoms with E-state index in [0.717, 1.165) is 31.8 Å². The molecule has 33 heavy (non-hydrogen) atoms. The topological polar surface area (TPSA) is 53.6 Å². The van der Waals surface area contributed by atoms with E-state index in [-0.39, 0.29) is 23.9 Å². The van der Waals surface area contributed by atoms with Crippen molar-refractivity contribution in [3.8, 4) is 5.75 Å². The number of carbonyl (C=O) groups excluding carboxylic acids is 1. The molecule has 0 bridgehead atoms. The quantitative estimate of drug-likeness (QED) is 0.528. The summed E-state index contributed by atoms with van der Waals surface area (Å²) in [6.45, 7) is 2.37. The Bertz CT molecular complexity index is 986. The van der Waals surface area contributed by atoms with Crippen LogP contribution in [-0.2, 0) is 11.3 Å². The van der Waals surface area contributed by atoms with Crippen molar-refractivity contribution in [2.45, 2.75) is 31.0 Å². The summed E-state index contributed by atoms with van der Waals surface area (Å²) in [6, 6.07) is 29.4. The summed E-state index contributed by atoms with van der Waals surface area (Å²) in [5.74, 6) is 1.15. The Morgan fingerprint density at radius 2 is 1.67 bits per heavy atom. The molecule has 1 aliphatic heterocycles. The van der Waals surface area contributed by atoms with E-state index in [0.29, 0.717) is 0 Å². The molecule has 3 aromatic carbocycles. The standard InChI is InChI=1S/C28H33N3O2/c1-29-28(32)27-17-24(30-18-21-10-9-15-25(16-21)33-2)19-31(27)20-26(22-11-5-3-6-12-22)23-13-7-4-8-14-23/h3-16,24,26-27,30H,17-20H2,1-2H3,(H,29,32)/t24-,27+/m1/s1. The van der Waals surface area contributed by atoms with Gasteiger partial charge in [-0.05, 0) is 35.2 Å². The van der Waals surface area contributed by atoms with E-state index < -0.39 is 0 Å². The predicted molar refractivity (Wildman–Crippen MR) is 132 cm³/mol. The molecular formula is C28H33N3O2. The molecule has 0 aliphatic carbocycles. The Morgan fingerprint density at radius 3 is 2.27 bits per heavy atom. The van der Waals surface area contributed by atoms with Gasteiger partial charge < -0.3 is 15.4 Å². The fraction of sp³-hybridized carbons (Fsp3) is 0.321. The first-order chi connectivity index (χ1) is 16.2. The van der Waals surface area contributed by atoms with Crippen LogP contribution in [0.4, 0.5) is 0 Å². The minimum Gasteiger partial charge on any atom is -0.497 e. The Morgan fingerprint density at radius 1 is 1.00 bits per heavy atom. The Hall–Kier alpha value is -3.15. The van der Waals surface area contributed by atoms with E-state index in [2.05, 4.69) is 76.2 Å². The number of benzene rings is 3. The number of amides is 1. The van der Waals surface area contributed by atoms with Gasteiger partial charge in [-0.1, -0.05) is 72.8 Å². The zero-order chi connectivity index (χ0) is 23.0. The number of likely N-dealkylation sites (N-methyl/N-ethyl adjacent to an activating group) is 1. The van der Waals surface area contributed by atoms with Crippen LogP contribution < -0.4 is 15.4 Å². The molecule has 2 N–H and O–H groups in total. The Balaban J connectivity index is 1.50. The number of ether oxygens (including phenoxy) is 1. The fourth-order valence-corrected chi connectivity index (χ4v) is 4.75. The highest BCUT2D eigenvalue weighted by molar-refractivity contribution is 5.81. The van der Waals surface area contributed by atoms with Gasteiger partial charge >= 0.3 is 0 Å². The normalized spacial score (nSPS) is 18.4. The average Bonchev–Trinajstić information content (AvgIpc) is 3.29. The number of rotatable bonds is 9. The number of carbonyl (C=O) groups is 1. The van der Waals surface area contributed by atoms with Gasteiger partial charge in [0.15, 0.2) is 0 Å². The van der Waals surface area contributed by atoms with Crippen molar-refractivity contribution >= 4 is 5.91 Å². The van der Waals surface area contributed by atoms with Crippen LogP contribution in [0, 0.1) is 0 Å². The van der Waals surface area contributed by atoms with Crippen LogP contribution in [0.3, 0.4) is 0 Å². The summed E-state index contributed by atoms with van der Waals surface area (Å²) in [6.07, 6.45) is 0.792. The van der Waals surface area contributed by atoms with Crippen LogP contribution in [0.2, 0.25) is 0 Å². The number of hydrogen-bond acceptors (Lipinski definition) is 4. The summed E-state index contributed by atoms with van der Waals surface area (Å²) in [5, 5.41) is 6.54. The second kappa shape index (κ2) is 11.1. The van der Waals surface area contributed by atoms with Crippen LogP contribution >= 0.6 is 0 Å². The summed E-state index contributed by atoms with van der Waals surface area (Å²) in [7, 11) is 3.41. The van der Waals surface area contributed by atoms with Crippen LogP contribution in [0.25, 0.3) is 0 Å². The zero-order valence-electron chi connectivity index (χ0n) is 19.4. The van der Waals surface area contributed by atoms with Crippen LogP contribution in [0.1, 0.15) is 29.0 Å². The van der Waals surface area contributed by atoms with E-state index >= 15 is 0 Å². The molecule has 0 unspecified atom stereocenters. The van der Waals surface area contributed by atoms with E-state index in [1.54, 1.807) is 14.2 Å². The van der Waals surface area contributed by atoms with Crippen molar-refractivity contribution in [3.05, 3.63) is 102 Å². The molecule has 0 radical (unpaired) electrons. The van der Waals surface area contributed by atoms with Gasteiger partial charge in [0, 0.05) is 38.6 Å². The third-order valence-corrected chi connectivity index (χ3v) is 6.50. The van der Waals surface area contributed by atoms with E-state index in [9.17, 15) is 4.79 Å². The molecule has 0 saturated carbocycles. The molecule has 0 spiro atoms. The number of nitrogens with zero attached hydrogens (tertiary/aromatic N) is 1. The molecule has 1 aliphatic rings. The van der Waals surface area contributed by atoms with Crippen molar-refractivity contribution in [1.29, 1.82) is 0 Å². The third-order valence-electron chi connectivity index (χ3n) is 6.50. The largest absolute Gasteiger partial charge is 0.497 e. The minimum atomic E-state index is -0.146. The highest BCUT2D eigenvalue weighted by atomic mass is 16.5. The highest BCUT2D eigenvalue weighted by Crippen LogP contribution is 2.29. The van der Waals surface area contributed by atoms with Gasteiger partial charge in [-0.25, -0.2) is 0 Å². The molecule has 2 atom stereocenters. The number of nitrogens with one attached hydrogen (secondary N) is 2. The van der Waals surface area contributed by atoms with Gasteiger partial charge in [-0.2, -0.15) is 0 Å². The Labute approximate surface area is 196 Å². The second-order valence-corrected chi connectivity index (χ2v) is 8.62. The molecule has 172 valence electrons. The zero-order valence-corrected chi connectivity index (χ0v) is 19.4. The van der Waals surface area contributed by atoms with E-state index in [1.807, 2.05) is 24.3 Å². The van der Waals surface area contributed by atoms with Crippen molar-refractivity contribution in [3.63, 3.8) is 0 Å². The van der Waals surface area contributed by atoms with Gasteiger partial charge in [0.25, 0.3) is 0 Å². The van der Waals surface area contributed by atoms with Gasteiger partial charge in [0.1, 0.15) is 5.75 Å². The van der Waals surface area contributed by atoms with Gasteiger partial charge in [0.05, 0.1) is 13.2 Å². The molecule has 5 heteroatoms. The van der Waals surface area contributed by atoms with Gasteiger partial charge in [-0.15, -0.1) is 0 Å². The molecule has 1 heterocycles. The summed E-state index contributed by atoms with van der Waals surface area (Å²) < 4.78 is 5.35. The molecule has 0 aromatic heterocycles. The summed E-state index contributed by atoms with van der Waals surface area (Å²) in [4.78, 5) is 15.1. The lowest BCUT2D eigenvalue weighted by atomic mass is 9.90. The first kappa shape index (κ1) is 23.0. The lowest BCUT2D eigenvalue weighted by Gasteiger charge is -2.28. The van der Waals surface area contributed by atoms with E-state index in [4.69, 9.17) is 4.74 Å². The molecule has 3 aromatic rings. The molecular weight excluding hydrogens is 410 g/mol. The van der Waals surface area contributed by atoms with Crippen LogP contribution in [0.15, 0.2) is 84.9 Å². The SMILES string of the molecule is CNC(=O)[C@@H]1C[C@@H](NCc2cccc(OC)c2)CN1CC(c1ccccc1)c1ccccc1. The first-order valence-electron chi connectivity index (χ1n) is 11.6. The van der Waals surface area contributed by atoms with Crippen molar-refractivity contribution in [2.75, 3.05) is 27.2 Å². The maximum Gasteiger partial charge on any atom is 0.237 e. The number of likely N-dealkylation sites (tertiary alicyclic amines) is 1. The highest BCUT2D eigenvalue weighted by Gasteiger charge is 2.37. The second-order valence-electron chi connectivity index (χ2n) is 8.62. The third kappa shape index (κ3) is 5.81. The fourth-order valence-electron chi connectivity index (χ4n) is 4.75. The number of methoxy groups -OCH3 is 1. The molecule has 4 rings (SSSR count). The molecule has 5 nitrogen and oxygen atoms in total. The van der Waals surface area contributed by atoms with Gasteiger partial charge in [-0.3, -0.25) is 9.69 Å². The van der Waals surface area contributed by atoms with Crippen molar-refractivity contribution < 1.29 is 9.53 Å². The first-order valence-corrected chi connectivity index (χ1v) is 11.6. The van der Waals surface area contributed by atoms with Crippen molar-refractivity contribution in [1.82, 2.24) is 15.5 Å². The van der Waals surface area contributed by atoms with E-state index in [1.165, 1.54) is 16.7 Å². The van der Waals surface area contributed by atoms with Gasteiger partial charge in [0.2, 0.25) is 5.91 Å². The lowest BCUT2D eigenvalue weighted by molar-refractivity contribution is -0.125. The van der Waals surface area contributed by atoms with Crippen LogP contribution in [0.5, 0.6) is 5.75 Å². The number of hydrogen-bond donors (Lipinski definition) is 2. The molecule has 1 saturated heterocycles. The lowest BCUT2D eigenvalue weighted by Crippen LogP contribution is -2.43. The summed E-state index contributed by atoms with van der Waals surface area (Å²) >= 11 is 0. The van der Waals surface area contributed by atoms with Crippen LogP contribution in [-0.4, -0.2) is 50.1 Å². The predicted octanol–water partition coefficient (Wildman–Crippen LogP) is 3.81. The maximum absolute atomic E-state index is 12.8. The molecule has 1 fully saturated rings. The smallest absolute Gasteiger partial charge is 0.237 e. The summed E-state index contributed by atoms with van der Waals surface area (Å²) in [5.41, 5.74) is 3.72.